The van der Waals surface area contributed by atoms with E-state index in [0.717, 1.165) is 10.9 Å². The van der Waals surface area contributed by atoms with Crippen molar-refractivity contribution in [2.45, 2.75) is 0 Å². The molecule has 1 amide bonds. The highest BCUT2D eigenvalue weighted by Gasteiger charge is 2.09. The molecular formula is C18H13N5O. The van der Waals surface area contributed by atoms with Gasteiger partial charge in [0.25, 0.3) is 5.91 Å². The van der Waals surface area contributed by atoms with E-state index in [9.17, 15) is 4.79 Å². The molecule has 1 aromatic carbocycles. The predicted molar refractivity (Wildman–Crippen MR) is 91.1 cm³/mol. The number of rotatable bonds is 3. The van der Waals surface area contributed by atoms with Crippen molar-refractivity contribution in [2.75, 3.05) is 5.32 Å². The number of para-hydroxylation sites is 1. The number of fused-ring (bicyclic) bond motifs is 1. The molecule has 1 N–H and O–H groups in total. The second-order valence-electron chi connectivity index (χ2n) is 5.20. The summed E-state index contributed by atoms with van der Waals surface area (Å²) in [5, 5.41) is 7.91. The minimum Gasteiger partial charge on any atom is -0.319 e. The molecule has 0 fully saturated rings. The molecule has 3 heterocycles. The molecule has 0 atom stereocenters. The summed E-state index contributed by atoms with van der Waals surface area (Å²) in [5.41, 5.74) is 1.76. The second kappa shape index (κ2) is 5.92. The maximum atomic E-state index is 12.4. The summed E-state index contributed by atoms with van der Waals surface area (Å²) in [5.74, 6) is 0.413. The van der Waals surface area contributed by atoms with E-state index >= 15 is 0 Å². The number of carbonyl (C=O) groups is 1. The normalized spacial score (nSPS) is 10.7. The maximum absolute atomic E-state index is 12.4. The van der Waals surface area contributed by atoms with Crippen molar-refractivity contribution in [2.24, 2.45) is 0 Å². The first-order chi connectivity index (χ1) is 11.8. The minimum atomic E-state index is -0.269. The van der Waals surface area contributed by atoms with Crippen molar-refractivity contribution in [1.82, 2.24) is 19.7 Å². The van der Waals surface area contributed by atoms with Crippen molar-refractivity contribution in [3.63, 3.8) is 0 Å². The Hall–Kier alpha value is -3.54. The molecule has 24 heavy (non-hydrogen) atoms. The van der Waals surface area contributed by atoms with E-state index in [2.05, 4.69) is 20.4 Å². The third-order valence-corrected chi connectivity index (χ3v) is 3.58. The first kappa shape index (κ1) is 14.1. The van der Waals surface area contributed by atoms with Crippen LogP contribution in [0.1, 0.15) is 10.5 Å². The van der Waals surface area contributed by atoms with Gasteiger partial charge in [0.2, 0.25) is 0 Å². The third-order valence-electron chi connectivity index (χ3n) is 3.58. The van der Waals surface area contributed by atoms with Crippen LogP contribution < -0.4 is 5.32 Å². The van der Waals surface area contributed by atoms with Gasteiger partial charge in [-0.05, 0) is 30.3 Å². The Morgan fingerprint density at radius 2 is 1.92 bits per heavy atom. The van der Waals surface area contributed by atoms with Crippen LogP contribution in [-0.4, -0.2) is 25.7 Å². The lowest BCUT2D eigenvalue weighted by molar-refractivity contribution is 0.102. The topological polar surface area (TPSA) is 72.7 Å². The predicted octanol–water partition coefficient (Wildman–Crippen LogP) is 3.07. The van der Waals surface area contributed by atoms with Gasteiger partial charge >= 0.3 is 0 Å². The maximum Gasteiger partial charge on any atom is 0.274 e. The van der Waals surface area contributed by atoms with Crippen LogP contribution in [0.2, 0.25) is 0 Å². The van der Waals surface area contributed by atoms with Crippen LogP contribution in [0.3, 0.4) is 0 Å². The van der Waals surface area contributed by atoms with Crippen LogP contribution in [-0.2, 0) is 0 Å². The molecule has 4 aromatic rings. The van der Waals surface area contributed by atoms with E-state index in [1.165, 1.54) is 0 Å². The Balaban J connectivity index is 1.54. The summed E-state index contributed by atoms with van der Waals surface area (Å²) in [6.45, 7) is 0. The van der Waals surface area contributed by atoms with E-state index < -0.39 is 0 Å². The summed E-state index contributed by atoms with van der Waals surface area (Å²) in [7, 11) is 0. The van der Waals surface area contributed by atoms with Gasteiger partial charge in [-0.2, -0.15) is 5.10 Å². The number of aromatic nitrogens is 4. The van der Waals surface area contributed by atoms with E-state index in [-0.39, 0.29) is 5.91 Å². The number of anilines is 1. The van der Waals surface area contributed by atoms with Crippen molar-refractivity contribution >= 4 is 22.5 Å². The standard InChI is InChI=1S/C18H13N5O/c24-18(16-8-6-13-4-1-2-5-15(13)22-16)21-14-7-9-17(19-12-14)23-11-3-10-20-23/h1-12H,(H,21,24). The minimum absolute atomic E-state index is 0.269. The molecule has 0 bridgehead atoms. The Morgan fingerprint density at radius 1 is 1.00 bits per heavy atom. The molecule has 0 aliphatic heterocycles. The SMILES string of the molecule is O=C(Nc1ccc(-n2cccn2)nc1)c1ccc2ccccc2n1. The van der Waals surface area contributed by atoms with E-state index in [0.29, 0.717) is 17.2 Å². The van der Waals surface area contributed by atoms with E-state index in [1.54, 1.807) is 41.5 Å². The molecule has 116 valence electrons. The number of nitrogens with zero attached hydrogens (tertiary/aromatic N) is 4. The Bertz CT molecular complexity index is 994. The lowest BCUT2D eigenvalue weighted by atomic mass is 10.2. The number of pyridine rings is 2. The fraction of sp³-hybridized carbons (Fsp3) is 0. The van der Waals surface area contributed by atoms with E-state index in [4.69, 9.17) is 0 Å². The highest BCUT2D eigenvalue weighted by Crippen LogP contribution is 2.14. The summed E-state index contributed by atoms with van der Waals surface area (Å²) in [6, 6.07) is 16.7. The zero-order valence-corrected chi connectivity index (χ0v) is 12.6. The molecule has 3 aromatic heterocycles. The molecule has 0 aliphatic carbocycles. The first-order valence-electron chi connectivity index (χ1n) is 7.43. The molecule has 0 saturated heterocycles. The highest BCUT2D eigenvalue weighted by atomic mass is 16.1. The van der Waals surface area contributed by atoms with Gasteiger partial charge in [0, 0.05) is 17.8 Å². The van der Waals surface area contributed by atoms with Gasteiger partial charge in [0.05, 0.1) is 17.4 Å². The quantitative estimate of drug-likeness (QED) is 0.630. The zero-order chi connectivity index (χ0) is 16.4. The smallest absolute Gasteiger partial charge is 0.274 e. The average molecular weight is 315 g/mol. The molecule has 6 nitrogen and oxygen atoms in total. The van der Waals surface area contributed by atoms with Gasteiger partial charge in [-0.15, -0.1) is 0 Å². The molecule has 6 heteroatoms. The van der Waals surface area contributed by atoms with Crippen LogP contribution in [0.25, 0.3) is 16.7 Å². The Labute approximate surface area is 137 Å². The van der Waals surface area contributed by atoms with Crippen LogP contribution in [0.5, 0.6) is 0 Å². The van der Waals surface area contributed by atoms with Crippen molar-refractivity contribution < 1.29 is 4.79 Å². The lowest BCUT2D eigenvalue weighted by Crippen LogP contribution is -2.14. The summed E-state index contributed by atoms with van der Waals surface area (Å²) in [4.78, 5) is 21.0. The second-order valence-corrected chi connectivity index (χ2v) is 5.20. The fourth-order valence-corrected chi connectivity index (χ4v) is 2.39. The number of hydrogen-bond donors (Lipinski definition) is 1. The molecule has 0 saturated carbocycles. The Kier molecular flexibility index (Phi) is 3.47. The van der Waals surface area contributed by atoms with Crippen LogP contribution in [0, 0.1) is 0 Å². The summed E-state index contributed by atoms with van der Waals surface area (Å²) >= 11 is 0. The number of benzene rings is 1. The van der Waals surface area contributed by atoms with Crippen LogP contribution in [0.4, 0.5) is 5.69 Å². The van der Waals surface area contributed by atoms with Crippen molar-refractivity contribution in [1.29, 1.82) is 0 Å². The molecule has 0 radical (unpaired) electrons. The van der Waals surface area contributed by atoms with Gasteiger partial charge in [0.15, 0.2) is 5.82 Å². The largest absolute Gasteiger partial charge is 0.319 e. The third kappa shape index (κ3) is 2.72. The highest BCUT2D eigenvalue weighted by molar-refractivity contribution is 6.03. The molecule has 4 rings (SSSR count). The molecule has 0 aliphatic rings. The fourth-order valence-electron chi connectivity index (χ4n) is 2.39. The summed E-state index contributed by atoms with van der Waals surface area (Å²) < 4.78 is 1.65. The Morgan fingerprint density at radius 3 is 2.71 bits per heavy atom. The number of nitrogens with one attached hydrogen (secondary N) is 1. The van der Waals surface area contributed by atoms with Gasteiger partial charge in [-0.1, -0.05) is 24.3 Å². The van der Waals surface area contributed by atoms with E-state index in [1.807, 2.05) is 36.4 Å². The number of carbonyl (C=O) groups excluding carboxylic acids is 1. The monoisotopic (exact) mass is 315 g/mol. The van der Waals surface area contributed by atoms with Crippen LogP contribution in [0.15, 0.2) is 73.2 Å². The van der Waals surface area contributed by atoms with Gasteiger partial charge in [0.1, 0.15) is 5.69 Å². The van der Waals surface area contributed by atoms with Crippen molar-refractivity contribution in [3.05, 3.63) is 78.9 Å². The van der Waals surface area contributed by atoms with Crippen LogP contribution >= 0.6 is 0 Å². The summed E-state index contributed by atoms with van der Waals surface area (Å²) in [6.07, 6.45) is 5.08. The zero-order valence-electron chi connectivity index (χ0n) is 12.6. The number of amides is 1. The van der Waals surface area contributed by atoms with Gasteiger partial charge in [-0.25, -0.2) is 14.6 Å². The lowest BCUT2D eigenvalue weighted by Gasteiger charge is -2.06. The van der Waals surface area contributed by atoms with Gasteiger partial charge < -0.3 is 5.32 Å². The molecule has 0 unspecified atom stereocenters. The molecule has 0 spiro atoms. The number of hydrogen-bond acceptors (Lipinski definition) is 4. The molecular weight excluding hydrogens is 302 g/mol. The van der Waals surface area contributed by atoms with Gasteiger partial charge in [-0.3, -0.25) is 4.79 Å². The first-order valence-corrected chi connectivity index (χ1v) is 7.43. The average Bonchev–Trinajstić information content (AvgIpc) is 3.16. The van der Waals surface area contributed by atoms with Crippen molar-refractivity contribution in [3.8, 4) is 5.82 Å².